The molecule has 112 valence electrons. The van der Waals surface area contributed by atoms with Crippen molar-refractivity contribution in [1.82, 2.24) is 0 Å². The first kappa shape index (κ1) is 16.1. The van der Waals surface area contributed by atoms with Gasteiger partial charge in [0.25, 0.3) is 0 Å². The standard InChI is InChI=1S/C17H24Cl2O/c1-17(2,3)13-5-7-16(20)12(10-13)8-11-4-6-14(18)15(19)9-11/h4,6,9,12-13,16,20H,5,7-8,10H2,1-3H3. The van der Waals surface area contributed by atoms with Crippen LogP contribution in [0.1, 0.15) is 45.6 Å². The average Bonchev–Trinajstić information content (AvgIpc) is 2.35. The van der Waals surface area contributed by atoms with Crippen molar-refractivity contribution in [2.45, 2.75) is 52.6 Å². The molecule has 0 aliphatic heterocycles. The summed E-state index contributed by atoms with van der Waals surface area (Å²) in [7, 11) is 0. The lowest BCUT2D eigenvalue weighted by Gasteiger charge is -2.40. The molecule has 0 saturated heterocycles. The van der Waals surface area contributed by atoms with Crippen LogP contribution >= 0.6 is 23.2 Å². The van der Waals surface area contributed by atoms with Crippen LogP contribution in [0.15, 0.2) is 18.2 Å². The smallest absolute Gasteiger partial charge is 0.0595 e. The molecule has 1 fully saturated rings. The Morgan fingerprint density at radius 3 is 2.45 bits per heavy atom. The van der Waals surface area contributed by atoms with Crippen molar-refractivity contribution in [2.24, 2.45) is 17.3 Å². The third-order valence-electron chi connectivity index (χ3n) is 4.65. The van der Waals surface area contributed by atoms with Crippen molar-refractivity contribution in [3.63, 3.8) is 0 Å². The van der Waals surface area contributed by atoms with Crippen molar-refractivity contribution < 1.29 is 5.11 Å². The number of benzene rings is 1. The fraction of sp³-hybridized carbons (Fsp3) is 0.647. The second kappa shape index (κ2) is 6.25. The highest BCUT2D eigenvalue weighted by molar-refractivity contribution is 6.42. The normalized spacial score (nSPS) is 27.6. The average molecular weight is 315 g/mol. The van der Waals surface area contributed by atoms with Crippen molar-refractivity contribution in [1.29, 1.82) is 0 Å². The Kier molecular flexibility index (Phi) is 5.05. The highest BCUT2D eigenvalue weighted by Crippen LogP contribution is 2.41. The second-order valence-corrected chi connectivity index (χ2v) is 7.97. The molecule has 20 heavy (non-hydrogen) atoms. The van der Waals surface area contributed by atoms with Gasteiger partial charge in [-0.3, -0.25) is 0 Å². The highest BCUT2D eigenvalue weighted by atomic mass is 35.5. The van der Waals surface area contributed by atoms with Gasteiger partial charge in [0.2, 0.25) is 0 Å². The molecule has 1 aromatic rings. The number of hydrogen-bond acceptors (Lipinski definition) is 1. The summed E-state index contributed by atoms with van der Waals surface area (Å²) in [6.07, 6.45) is 3.81. The summed E-state index contributed by atoms with van der Waals surface area (Å²) in [5, 5.41) is 11.5. The largest absolute Gasteiger partial charge is 0.393 e. The fourth-order valence-corrected chi connectivity index (χ4v) is 3.54. The molecule has 0 aromatic heterocycles. The Labute approximate surface area is 132 Å². The lowest BCUT2D eigenvalue weighted by atomic mass is 9.67. The monoisotopic (exact) mass is 314 g/mol. The highest BCUT2D eigenvalue weighted by Gasteiger charge is 2.35. The van der Waals surface area contributed by atoms with Crippen molar-refractivity contribution in [2.75, 3.05) is 0 Å². The van der Waals surface area contributed by atoms with Crippen LogP contribution in [-0.2, 0) is 6.42 Å². The van der Waals surface area contributed by atoms with Gasteiger partial charge >= 0.3 is 0 Å². The summed E-state index contributed by atoms with van der Waals surface area (Å²) in [6.45, 7) is 6.89. The lowest BCUT2D eigenvalue weighted by Crippen LogP contribution is -2.35. The van der Waals surface area contributed by atoms with Gasteiger partial charge < -0.3 is 5.11 Å². The van der Waals surface area contributed by atoms with Gasteiger partial charge in [0, 0.05) is 0 Å². The number of aliphatic hydroxyl groups excluding tert-OH is 1. The van der Waals surface area contributed by atoms with Gasteiger partial charge in [-0.25, -0.2) is 0 Å². The van der Waals surface area contributed by atoms with E-state index in [0.717, 1.165) is 31.2 Å². The molecule has 0 amide bonds. The molecule has 1 N–H and O–H groups in total. The Hall–Kier alpha value is -0.240. The third-order valence-corrected chi connectivity index (χ3v) is 5.39. The maximum atomic E-state index is 10.3. The summed E-state index contributed by atoms with van der Waals surface area (Å²) >= 11 is 12.0. The van der Waals surface area contributed by atoms with E-state index < -0.39 is 0 Å². The van der Waals surface area contributed by atoms with Crippen molar-refractivity contribution in [3.05, 3.63) is 33.8 Å². The number of halogens is 2. The van der Waals surface area contributed by atoms with E-state index in [4.69, 9.17) is 23.2 Å². The minimum absolute atomic E-state index is 0.192. The third kappa shape index (κ3) is 3.90. The van der Waals surface area contributed by atoms with Crippen LogP contribution in [-0.4, -0.2) is 11.2 Å². The summed E-state index contributed by atoms with van der Waals surface area (Å²) in [5.74, 6) is 1.00. The fourth-order valence-electron chi connectivity index (χ4n) is 3.22. The predicted octanol–water partition coefficient (Wildman–Crippen LogP) is 5.36. The Bertz CT molecular complexity index is 465. The molecule has 0 bridgehead atoms. The maximum absolute atomic E-state index is 10.3. The molecule has 3 unspecified atom stereocenters. The van der Waals surface area contributed by atoms with Crippen LogP contribution in [0, 0.1) is 17.3 Å². The number of rotatable bonds is 2. The van der Waals surface area contributed by atoms with E-state index in [1.807, 2.05) is 18.2 Å². The van der Waals surface area contributed by atoms with Crippen LogP contribution in [0.4, 0.5) is 0 Å². The molecule has 1 aliphatic carbocycles. The van der Waals surface area contributed by atoms with Crippen LogP contribution in [0.25, 0.3) is 0 Å². The van der Waals surface area contributed by atoms with Crippen LogP contribution < -0.4 is 0 Å². The van der Waals surface area contributed by atoms with E-state index in [9.17, 15) is 5.11 Å². The van der Waals surface area contributed by atoms with Crippen molar-refractivity contribution >= 4 is 23.2 Å². The number of aliphatic hydroxyl groups is 1. The quantitative estimate of drug-likeness (QED) is 0.779. The molecule has 3 heteroatoms. The molecule has 0 radical (unpaired) electrons. The van der Waals surface area contributed by atoms with Crippen molar-refractivity contribution in [3.8, 4) is 0 Å². The first-order valence-electron chi connectivity index (χ1n) is 7.39. The molecular weight excluding hydrogens is 291 g/mol. The minimum atomic E-state index is -0.192. The second-order valence-electron chi connectivity index (χ2n) is 7.16. The van der Waals surface area contributed by atoms with E-state index in [1.165, 1.54) is 0 Å². The SMILES string of the molecule is CC(C)(C)C1CCC(O)C(Cc2ccc(Cl)c(Cl)c2)C1. The first-order chi connectivity index (χ1) is 9.27. The van der Waals surface area contributed by atoms with Crippen LogP contribution in [0.2, 0.25) is 10.0 Å². The van der Waals surface area contributed by atoms with Gasteiger partial charge in [-0.1, -0.05) is 50.0 Å². The van der Waals surface area contributed by atoms with Crippen LogP contribution in [0.3, 0.4) is 0 Å². The summed E-state index contributed by atoms with van der Waals surface area (Å²) in [5.41, 5.74) is 1.48. The maximum Gasteiger partial charge on any atom is 0.0595 e. The van der Waals surface area contributed by atoms with Gasteiger partial charge in [0.05, 0.1) is 16.1 Å². The zero-order valence-electron chi connectivity index (χ0n) is 12.5. The molecule has 0 heterocycles. The van der Waals surface area contributed by atoms with E-state index in [-0.39, 0.29) is 6.10 Å². The Balaban J connectivity index is 2.08. The van der Waals surface area contributed by atoms with E-state index in [0.29, 0.717) is 27.3 Å². The molecule has 1 saturated carbocycles. The van der Waals surface area contributed by atoms with Gasteiger partial charge in [0.15, 0.2) is 0 Å². The minimum Gasteiger partial charge on any atom is -0.393 e. The van der Waals surface area contributed by atoms with Gasteiger partial charge in [-0.15, -0.1) is 0 Å². The molecular formula is C17H24Cl2O. The zero-order chi connectivity index (χ0) is 14.9. The summed E-state index contributed by atoms with van der Waals surface area (Å²) < 4.78 is 0. The zero-order valence-corrected chi connectivity index (χ0v) is 14.0. The van der Waals surface area contributed by atoms with Gasteiger partial charge in [-0.05, 0) is 60.6 Å². The Morgan fingerprint density at radius 1 is 1.15 bits per heavy atom. The molecule has 2 rings (SSSR count). The molecule has 1 aromatic carbocycles. The van der Waals surface area contributed by atoms with E-state index in [1.54, 1.807) is 0 Å². The Morgan fingerprint density at radius 2 is 1.85 bits per heavy atom. The van der Waals surface area contributed by atoms with Gasteiger partial charge in [-0.2, -0.15) is 0 Å². The number of hydrogen-bond donors (Lipinski definition) is 1. The molecule has 1 nitrogen and oxygen atoms in total. The van der Waals surface area contributed by atoms with Gasteiger partial charge in [0.1, 0.15) is 0 Å². The summed E-state index contributed by atoms with van der Waals surface area (Å²) in [4.78, 5) is 0. The first-order valence-corrected chi connectivity index (χ1v) is 8.15. The summed E-state index contributed by atoms with van der Waals surface area (Å²) in [6, 6.07) is 5.79. The lowest BCUT2D eigenvalue weighted by molar-refractivity contribution is 0.0196. The van der Waals surface area contributed by atoms with E-state index in [2.05, 4.69) is 20.8 Å². The topological polar surface area (TPSA) is 20.2 Å². The molecule has 3 atom stereocenters. The molecule has 1 aliphatic rings. The van der Waals surface area contributed by atoms with E-state index >= 15 is 0 Å². The molecule has 0 spiro atoms. The predicted molar refractivity (Wildman–Crippen MR) is 86.5 cm³/mol. The van der Waals surface area contributed by atoms with Crippen LogP contribution in [0.5, 0.6) is 0 Å².